The summed E-state index contributed by atoms with van der Waals surface area (Å²) < 4.78 is 0. The zero-order valence-corrected chi connectivity index (χ0v) is 12.1. The highest BCUT2D eigenvalue weighted by Gasteiger charge is 2.11. The topological polar surface area (TPSA) is 12.0 Å². The third kappa shape index (κ3) is 4.79. The predicted molar refractivity (Wildman–Crippen MR) is 81.2 cm³/mol. The van der Waals surface area contributed by atoms with Crippen molar-refractivity contribution in [3.63, 3.8) is 0 Å². The average molecular weight is 243 g/mol. The molecule has 0 fully saturated rings. The summed E-state index contributed by atoms with van der Waals surface area (Å²) in [6.07, 6.45) is 2.01. The van der Waals surface area contributed by atoms with E-state index in [0.717, 1.165) is 29.8 Å². The van der Waals surface area contributed by atoms with Gasteiger partial charge in [-0.15, -0.1) is 0 Å². The second-order valence-corrected chi connectivity index (χ2v) is 6.00. The summed E-state index contributed by atoms with van der Waals surface area (Å²) in [4.78, 5) is 0. The van der Waals surface area contributed by atoms with Crippen LogP contribution in [0.4, 0.5) is 0 Å². The minimum Gasteiger partial charge on any atom is -0.359 e. The molecule has 0 unspecified atom stereocenters. The third-order valence-corrected chi connectivity index (χ3v) is 2.79. The Bertz CT molecular complexity index is 418. The first-order valence-electron chi connectivity index (χ1n) is 6.55. The van der Waals surface area contributed by atoms with Gasteiger partial charge in [-0.3, -0.25) is 0 Å². The van der Waals surface area contributed by atoms with Crippen molar-refractivity contribution in [2.45, 2.75) is 40.5 Å². The number of allylic oxidation sites excluding steroid dienone is 1. The van der Waals surface area contributed by atoms with Crippen LogP contribution in [0, 0.1) is 5.41 Å². The fourth-order valence-electron chi connectivity index (χ4n) is 1.81. The van der Waals surface area contributed by atoms with Gasteiger partial charge in [0.1, 0.15) is 0 Å². The van der Waals surface area contributed by atoms with Gasteiger partial charge in [0.25, 0.3) is 0 Å². The molecule has 1 aromatic rings. The van der Waals surface area contributed by atoms with E-state index in [4.69, 9.17) is 0 Å². The van der Waals surface area contributed by atoms with Gasteiger partial charge in [0.2, 0.25) is 0 Å². The SMILES string of the molecule is C=C(CC)NC(=C)c1ccc(CC(C)(C)C)cc1. The lowest BCUT2D eigenvalue weighted by molar-refractivity contribution is 0.411. The molecule has 0 spiro atoms. The Morgan fingerprint density at radius 1 is 1.11 bits per heavy atom. The van der Waals surface area contributed by atoms with E-state index in [-0.39, 0.29) is 0 Å². The number of hydrogen-bond donors (Lipinski definition) is 1. The van der Waals surface area contributed by atoms with Crippen LogP contribution in [0.15, 0.2) is 43.1 Å². The van der Waals surface area contributed by atoms with Crippen LogP contribution in [0.3, 0.4) is 0 Å². The molecule has 0 saturated carbocycles. The van der Waals surface area contributed by atoms with Crippen LogP contribution in [0.2, 0.25) is 0 Å². The highest BCUT2D eigenvalue weighted by molar-refractivity contribution is 5.63. The molecule has 0 aromatic heterocycles. The van der Waals surface area contributed by atoms with E-state index in [1.807, 2.05) is 0 Å². The van der Waals surface area contributed by atoms with Crippen LogP contribution in [-0.2, 0) is 6.42 Å². The molecule has 1 nitrogen and oxygen atoms in total. The Balaban J connectivity index is 2.71. The van der Waals surface area contributed by atoms with Crippen molar-refractivity contribution in [2.75, 3.05) is 0 Å². The van der Waals surface area contributed by atoms with Crippen LogP contribution in [-0.4, -0.2) is 0 Å². The van der Waals surface area contributed by atoms with Crippen molar-refractivity contribution < 1.29 is 0 Å². The van der Waals surface area contributed by atoms with E-state index in [1.54, 1.807) is 0 Å². The van der Waals surface area contributed by atoms with Crippen LogP contribution in [0.5, 0.6) is 0 Å². The van der Waals surface area contributed by atoms with Crippen LogP contribution in [0.1, 0.15) is 45.2 Å². The monoisotopic (exact) mass is 243 g/mol. The summed E-state index contributed by atoms with van der Waals surface area (Å²) in [5.74, 6) is 0. The van der Waals surface area contributed by atoms with Crippen LogP contribution < -0.4 is 5.32 Å². The largest absolute Gasteiger partial charge is 0.359 e. The molecule has 0 atom stereocenters. The molecule has 0 heterocycles. The summed E-state index contributed by atoms with van der Waals surface area (Å²) in [6, 6.07) is 8.61. The first kappa shape index (κ1) is 14.6. The smallest absolute Gasteiger partial charge is 0.0382 e. The number of hydrogen-bond acceptors (Lipinski definition) is 1. The van der Waals surface area contributed by atoms with Gasteiger partial charge in [0.05, 0.1) is 0 Å². The Labute approximate surface area is 112 Å². The summed E-state index contributed by atoms with van der Waals surface area (Å²) >= 11 is 0. The number of benzene rings is 1. The molecule has 0 saturated heterocycles. The maximum atomic E-state index is 4.05. The van der Waals surface area contributed by atoms with Crippen LogP contribution >= 0.6 is 0 Å². The normalized spacial score (nSPS) is 11.1. The molecule has 98 valence electrons. The lowest BCUT2D eigenvalue weighted by Gasteiger charge is -2.18. The minimum atomic E-state index is 0.327. The standard InChI is InChI=1S/C17H25N/c1-7-13(2)18-14(3)16-10-8-15(9-11-16)12-17(4,5)6/h8-11,18H,2-3,7,12H2,1,4-6H3. The van der Waals surface area contributed by atoms with E-state index in [2.05, 4.69) is 70.4 Å². The van der Waals surface area contributed by atoms with Crippen molar-refractivity contribution in [3.05, 3.63) is 54.2 Å². The predicted octanol–water partition coefficient (Wildman–Crippen LogP) is 4.76. The van der Waals surface area contributed by atoms with Gasteiger partial charge in [0, 0.05) is 11.4 Å². The lowest BCUT2D eigenvalue weighted by atomic mass is 9.88. The second-order valence-electron chi connectivity index (χ2n) is 6.00. The van der Waals surface area contributed by atoms with E-state index >= 15 is 0 Å². The van der Waals surface area contributed by atoms with Gasteiger partial charge in [-0.2, -0.15) is 0 Å². The van der Waals surface area contributed by atoms with E-state index in [0.29, 0.717) is 5.41 Å². The van der Waals surface area contributed by atoms with Crippen LogP contribution in [0.25, 0.3) is 5.70 Å². The fourth-order valence-corrected chi connectivity index (χ4v) is 1.81. The first-order valence-corrected chi connectivity index (χ1v) is 6.55. The number of rotatable bonds is 5. The first-order chi connectivity index (χ1) is 8.31. The van der Waals surface area contributed by atoms with E-state index < -0.39 is 0 Å². The molecule has 0 aliphatic rings. The molecule has 0 bridgehead atoms. The molecule has 1 rings (SSSR count). The maximum absolute atomic E-state index is 4.05. The molecule has 0 amide bonds. The highest BCUT2D eigenvalue weighted by atomic mass is 14.9. The Hall–Kier alpha value is -1.50. The summed E-state index contributed by atoms with van der Waals surface area (Å²) in [6.45, 7) is 16.8. The average Bonchev–Trinajstić information content (AvgIpc) is 2.27. The molecule has 0 aliphatic heterocycles. The zero-order chi connectivity index (χ0) is 13.8. The van der Waals surface area contributed by atoms with Gasteiger partial charge in [0.15, 0.2) is 0 Å². The van der Waals surface area contributed by atoms with Gasteiger partial charge in [-0.1, -0.05) is 65.1 Å². The molecule has 18 heavy (non-hydrogen) atoms. The van der Waals surface area contributed by atoms with Crippen molar-refractivity contribution in [1.29, 1.82) is 0 Å². The quantitative estimate of drug-likeness (QED) is 0.786. The summed E-state index contributed by atoms with van der Waals surface area (Å²) in [5, 5.41) is 3.22. The zero-order valence-electron chi connectivity index (χ0n) is 12.1. The molecular formula is C17H25N. The Morgan fingerprint density at radius 2 is 1.67 bits per heavy atom. The number of nitrogens with one attached hydrogen (secondary N) is 1. The molecule has 1 aromatic carbocycles. The van der Waals surface area contributed by atoms with Crippen molar-refractivity contribution in [3.8, 4) is 0 Å². The summed E-state index contributed by atoms with van der Waals surface area (Å²) in [7, 11) is 0. The maximum Gasteiger partial charge on any atom is 0.0382 e. The van der Waals surface area contributed by atoms with Gasteiger partial charge >= 0.3 is 0 Å². The lowest BCUT2D eigenvalue weighted by Crippen LogP contribution is -2.10. The second kappa shape index (κ2) is 5.90. The highest BCUT2D eigenvalue weighted by Crippen LogP contribution is 2.21. The molecule has 0 aliphatic carbocycles. The molecular weight excluding hydrogens is 218 g/mol. The molecule has 1 N–H and O–H groups in total. The third-order valence-electron chi connectivity index (χ3n) is 2.79. The Morgan fingerprint density at radius 3 is 2.11 bits per heavy atom. The summed E-state index contributed by atoms with van der Waals surface area (Å²) in [5.41, 5.74) is 4.74. The molecule has 1 heteroatoms. The minimum absolute atomic E-state index is 0.327. The van der Waals surface area contributed by atoms with Crippen molar-refractivity contribution in [2.24, 2.45) is 5.41 Å². The Kier molecular flexibility index (Phi) is 4.77. The van der Waals surface area contributed by atoms with E-state index in [1.165, 1.54) is 5.56 Å². The van der Waals surface area contributed by atoms with Crippen molar-refractivity contribution >= 4 is 5.70 Å². The molecule has 0 radical (unpaired) electrons. The van der Waals surface area contributed by atoms with Gasteiger partial charge in [-0.25, -0.2) is 0 Å². The van der Waals surface area contributed by atoms with Crippen molar-refractivity contribution in [1.82, 2.24) is 5.32 Å². The van der Waals surface area contributed by atoms with E-state index in [9.17, 15) is 0 Å². The van der Waals surface area contributed by atoms with Gasteiger partial charge < -0.3 is 5.32 Å². The van der Waals surface area contributed by atoms with Gasteiger partial charge in [-0.05, 0) is 29.4 Å². The fraction of sp³-hybridized carbons (Fsp3) is 0.412.